The summed E-state index contributed by atoms with van der Waals surface area (Å²) in [7, 11) is 1.62. The second-order valence-corrected chi connectivity index (χ2v) is 5.10. The second kappa shape index (κ2) is 7.06. The van der Waals surface area contributed by atoms with Crippen LogP contribution < -0.4 is 0 Å². The summed E-state index contributed by atoms with van der Waals surface area (Å²) in [6.07, 6.45) is 1.99. The summed E-state index contributed by atoms with van der Waals surface area (Å²) in [5.41, 5.74) is 2.55. The van der Waals surface area contributed by atoms with E-state index in [4.69, 9.17) is 10.00 Å². The highest BCUT2D eigenvalue weighted by molar-refractivity contribution is 5.80. The van der Waals surface area contributed by atoms with Gasteiger partial charge in [-0.2, -0.15) is 5.26 Å². The fourth-order valence-corrected chi connectivity index (χ4v) is 2.71. The van der Waals surface area contributed by atoms with Crippen LogP contribution in [0, 0.1) is 17.2 Å². The molecule has 4 heteroatoms. The Bertz CT molecular complexity index is 482. The van der Waals surface area contributed by atoms with E-state index in [1.54, 1.807) is 12.0 Å². The van der Waals surface area contributed by atoms with Gasteiger partial charge in [-0.05, 0) is 24.0 Å². The van der Waals surface area contributed by atoms with Gasteiger partial charge in [0.2, 0.25) is 5.91 Å². The van der Waals surface area contributed by atoms with E-state index in [2.05, 4.69) is 18.2 Å². The predicted octanol–water partition coefficient (Wildman–Crippen LogP) is 1.79. The van der Waals surface area contributed by atoms with E-state index in [0.717, 1.165) is 12.8 Å². The lowest BCUT2D eigenvalue weighted by Crippen LogP contribution is -2.39. The molecule has 0 aliphatic heterocycles. The van der Waals surface area contributed by atoms with Crippen molar-refractivity contribution >= 4 is 5.91 Å². The Kier molecular flexibility index (Phi) is 5.14. The monoisotopic (exact) mass is 272 g/mol. The van der Waals surface area contributed by atoms with Gasteiger partial charge in [0.05, 0.1) is 19.1 Å². The Hall–Kier alpha value is -1.86. The van der Waals surface area contributed by atoms with Gasteiger partial charge in [-0.1, -0.05) is 24.3 Å². The molecule has 1 aliphatic rings. The summed E-state index contributed by atoms with van der Waals surface area (Å²) in [5.74, 6) is 0.163. The number of fused-ring (bicyclic) bond motifs is 1. The number of hydrogen-bond acceptors (Lipinski definition) is 3. The van der Waals surface area contributed by atoms with Crippen LogP contribution in [-0.4, -0.2) is 37.6 Å². The van der Waals surface area contributed by atoms with E-state index in [9.17, 15) is 4.79 Å². The first kappa shape index (κ1) is 14.5. The molecule has 0 radical (unpaired) electrons. The molecular formula is C16H20N2O2. The van der Waals surface area contributed by atoms with E-state index >= 15 is 0 Å². The molecule has 106 valence electrons. The number of rotatable bonds is 6. The van der Waals surface area contributed by atoms with Crippen molar-refractivity contribution in [2.24, 2.45) is 5.92 Å². The third kappa shape index (κ3) is 3.37. The van der Waals surface area contributed by atoms with Gasteiger partial charge in [0, 0.05) is 26.1 Å². The molecular weight excluding hydrogens is 252 g/mol. The Balaban J connectivity index is 2.00. The first-order valence-electron chi connectivity index (χ1n) is 6.97. The number of carbonyl (C=O) groups excluding carboxylic acids is 1. The average molecular weight is 272 g/mol. The quantitative estimate of drug-likeness (QED) is 0.793. The molecule has 0 N–H and O–H groups in total. The summed E-state index contributed by atoms with van der Waals surface area (Å²) < 4.78 is 5.05. The molecule has 0 aromatic heterocycles. The van der Waals surface area contributed by atoms with Crippen LogP contribution in [0.3, 0.4) is 0 Å². The zero-order valence-corrected chi connectivity index (χ0v) is 11.8. The molecule has 0 saturated carbocycles. The molecule has 4 nitrogen and oxygen atoms in total. The van der Waals surface area contributed by atoms with Crippen LogP contribution in [0.5, 0.6) is 0 Å². The molecule has 0 saturated heterocycles. The van der Waals surface area contributed by atoms with Gasteiger partial charge >= 0.3 is 0 Å². The molecule has 0 atom stereocenters. The molecule has 1 aromatic rings. The molecule has 0 spiro atoms. The molecule has 0 bridgehead atoms. The van der Waals surface area contributed by atoms with E-state index in [0.29, 0.717) is 26.1 Å². The largest absolute Gasteiger partial charge is 0.383 e. The molecule has 20 heavy (non-hydrogen) atoms. The van der Waals surface area contributed by atoms with Crippen LogP contribution in [0.25, 0.3) is 0 Å². The number of nitriles is 1. The molecule has 0 heterocycles. The lowest BCUT2D eigenvalue weighted by Gasteiger charge is -2.24. The fourth-order valence-electron chi connectivity index (χ4n) is 2.71. The number of nitrogens with zero attached hydrogens (tertiary/aromatic N) is 2. The van der Waals surface area contributed by atoms with Crippen molar-refractivity contribution in [1.82, 2.24) is 4.90 Å². The van der Waals surface area contributed by atoms with E-state index < -0.39 is 0 Å². The lowest BCUT2D eigenvalue weighted by atomic mass is 10.0. The van der Waals surface area contributed by atoms with Gasteiger partial charge in [0.1, 0.15) is 0 Å². The molecule has 1 aliphatic carbocycles. The summed E-state index contributed by atoms with van der Waals surface area (Å²) in [4.78, 5) is 14.4. The smallest absolute Gasteiger partial charge is 0.226 e. The third-order valence-electron chi connectivity index (χ3n) is 3.77. The van der Waals surface area contributed by atoms with Crippen LogP contribution in [0.15, 0.2) is 24.3 Å². The van der Waals surface area contributed by atoms with Gasteiger partial charge in [-0.3, -0.25) is 4.79 Å². The summed E-state index contributed by atoms with van der Waals surface area (Å²) >= 11 is 0. The van der Waals surface area contributed by atoms with E-state index in [1.807, 2.05) is 12.1 Å². The first-order chi connectivity index (χ1) is 9.76. The zero-order chi connectivity index (χ0) is 14.4. The van der Waals surface area contributed by atoms with Crippen molar-refractivity contribution < 1.29 is 9.53 Å². The standard InChI is InChI=1S/C16H20N2O2/c1-20-10-9-18(8-4-7-17)16(19)15-11-13-5-2-3-6-14(13)12-15/h2-3,5-6,15H,4,8-12H2,1H3. The Morgan fingerprint density at radius 2 is 2.00 bits per heavy atom. The molecule has 0 fully saturated rings. The second-order valence-electron chi connectivity index (χ2n) is 5.10. The average Bonchev–Trinajstić information content (AvgIpc) is 2.90. The predicted molar refractivity (Wildman–Crippen MR) is 76.0 cm³/mol. The van der Waals surface area contributed by atoms with Crippen molar-refractivity contribution in [1.29, 1.82) is 5.26 Å². The number of amides is 1. The normalized spacial score (nSPS) is 13.8. The molecule has 1 amide bonds. The fraction of sp³-hybridized carbons (Fsp3) is 0.500. The number of carbonyl (C=O) groups is 1. The zero-order valence-electron chi connectivity index (χ0n) is 11.8. The van der Waals surface area contributed by atoms with Gasteiger partial charge in [-0.15, -0.1) is 0 Å². The maximum Gasteiger partial charge on any atom is 0.226 e. The highest BCUT2D eigenvalue weighted by Gasteiger charge is 2.30. The van der Waals surface area contributed by atoms with Crippen LogP contribution in [0.4, 0.5) is 0 Å². The number of ether oxygens (including phenoxy) is 1. The topological polar surface area (TPSA) is 53.3 Å². The van der Waals surface area contributed by atoms with Gasteiger partial charge in [-0.25, -0.2) is 0 Å². The number of hydrogen-bond donors (Lipinski definition) is 0. The van der Waals surface area contributed by atoms with E-state index in [-0.39, 0.29) is 11.8 Å². The number of methoxy groups -OCH3 is 1. The van der Waals surface area contributed by atoms with E-state index in [1.165, 1.54) is 11.1 Å². The minimum Gasteiger partial charge on any atom is -0.383 e. The van der Waals surface area contributed by atoms with Crippen LogP contribution >= 0.6 is 0 Å². The van der Waals surface area contributed by atoms with Crippen LogP contribution in [0.2, 0.25) is 0 Å². The Morgan fingerprint density at radius 3 is 2.55 bits per heavy atom. The van der Waals surface area contributed by atoms with Crippen molar-refractivity contribution in [3.63, 3.8) is 0 Å². The first-order valence-corrected chi connectivity index (χ1v) is 6.97. The summed E-state index contributed by atoms with van der Waals surface area (Å²) in [5, 5.41) is 8.71. The lowest BCUT2D eigenvalue weighted by molar-refractivity contribution is -0.135. The van der Waals surface area contributed by atoms with Crippen molar-refractivity contribution in [3.05, 3.63) is 35.4 Å². The van der Waals surface area contributed by atoms with Crippen molar-refractivity contribution in [2.45, 2.75) is 19.3 Å². The van der Waals surface area contributed by atoms with Gasteiger partial charge in [0.25, 0.3) is 0 Å². The third-order valence-corrected chi connectivity index (χ3v) is 3.77. The van der Waals surface area contributed by atoms with Crippen molar-refractivity contribution in [3.8, 4) is 6.07 Å². The van der Waals surface area contributed by atoms with Gasteiger partial charge in [0.15, 0.2) is 0 Å². The maximum absolute atomic E-state index is 12.6. The SMILES string of the molecule is COCCN(CCC#N)C(=O)C1Cc2ccccc2C1. The summed E-state index contributed by atoms with van der Waals surface area (Å²) in [6, 6.07) is 10.3. The summed E-state index contributed by atoms with van der Waals surface area (Å²) in [6.45, 7) is 1.56. The van der Waals surface area contributed by atoms with Crippen molar-refractivity contribution in [2.75, 3.05) is 26.8 Å². The minimum absolute atomic E-state index is 0.0166. The van der Waals surface area contributed by atoms with Gasteiger partial charge < -0.3 is 9.64 Å². The van der Waals surface area contributed by atoms with Crippen LogP contribution in [-0.2, 0) is 22.4 Å². The Morgan fingerprint density at radius 1 is 1.35 bits per heavy atom. The molecule has 1 aromatic carbocycles. The molecule has 2 rings (SSSR count). The maximum atomic E-state index is 12.6. The Labute approximate surface area is 120 Å². The van der Waals surface area contributed by atoms with Crippen LogP contribution in [0.1, 0.15) is 17.5 Å². The molecule has 0 unspecified atom stereocenters. The number of benzene rings is 1. The highest BCUT2D eigenvalue weighted by atomic mass is 16.5. The minimum atomic E-state index is 0.0166. The highest BCUT2D eigenvalue weighted by Crippen LogP contribution is 2.27.